The van der Waals surface area contributed by atoms with E-state index in [1.165, 1.54) is 0 Å². The summed E-state index contributed by atoms with van der Waals surface area (Å²) in [5.41, 5.74) is 5.27. The first kappa shape index (κ1) is 18.9. The molecule has 0 aromatic carbocycles. The number of rotatable bonds is 8. The van der Waals surface area contributed by atoms with E-state index in [1.807, 2.05) is 0 Å². The van der Waals surface area contributed by atoms with Gasteiger partial charge < -0.3 is 20.9 Å². The molecule has 0 unspecified atom stereocenters. The number of carboxylic acids is 1. The second-order valence-corrected chi connectivity index (χ2v) is 6.48. The lowest BCUT2D eigenvalue weighted by Gasteiger charge is -2.22. The van der Waals surface area contributed by atoms with Crippen LogP contribution in [-0.2, 0) is 14.3 Å². The van der Waals surface area contributed by atoms with Gasteiger partial charge in [-0.3, -0.25) is 9.59 Å². The van der Waals surface area contributed by atoms with E-state index in [-0.39, 0.29) is 12.5 Å². The number of esters is 1. The standard InChI is InChI=1S/C14H28N2O4/c1-9(2)6-10(15)8-16-11(13(18)19)7-12(17)20-14(3,4)5/h9-11,16H,6-8,15H2,1-5H3,(H,18,19)/t10-,11-/m0/s1. The van der Waals surface area contributed by atoms with Crippen molar-refractivity contribution < 1.29 is 19.4 Å². The molecule has 0 spiro atoms. The molecule has 6 heteroatoms. The number of nitrogens with one attached hydrogen (secondary N) is 1. The van der Waals surface area contributed by atoms with Crippen molar-refractivity contribution in [3.05, 3.63) is 0 Å². The summed E-state index contributed by atoms with van der Waals surface area (Å²) < 4.78 is 5.12. The van der Waals surface area contributed by atoms with Crippen molar-refractivity contribution >= 4 is 11.9 Å². The van der Waals surface area contributed by atoms with Crippen molar-refractivity contribution in [1.82, 2.24) is 5.32 Å². The van der Waals surface area contributed by atoms with Gasteiger partial charge >= 0.3 is 11.9 Å². The molecule has 0 saturated carbocycles. The minimum atomic E-state index is -1.08. The smallest absolute Gasteiger partial charge is 0.321 e. The van der Waals surface area contributed by atoms with Crippen molar-refractivity contribution in [2.75, 3.05) is 6.54 Å². The van der Waals surface area contributed by atoms with Crippen molar-refractivity contribution in [1.29, 1.82) is 0 Å². The van der Waals surface area contributed by atoms with Crippen molar-refractivity contribution in [3.8, 4) is 0 Å². The van der Waals surface area contributed by atoms with Gasteiger partial charge in [-0.1, -0.05) is 13.8 Å². The zero-order valence-electron chi connectivity index (χ0n) is 13.1. The van der Waals surface area contributed by atoms with Crippen LogP contribution >= 0.6 is 0 Å². The summed E-state index contributed by atoms with van der Waals surface area (Å²) in [6, 6.07) is -1.10. The van der Waals surface area contributed by atoms with E-state index in [4.69, 9.17) is 15.6 Å². The van der Waals surface area contributed by atoms with Crippen LogP contribution in [0.1, 0.15) is 47.5 Å². The van der Waals surface area contributed by atoms with Crippen LogP contribution in [-0.4, -0.2) is 41.3 Å². The number of carbonyl (C=O) groups excluding carboxylic acids is 1. The average molecular weight is 288 g/mol. The highest BCUT2D eigenvalue weighted by Crippen LogP contribution is 2.09. The third-order valence-electron chi connectivity index (χ3n) is 2.49. The molecule has 20 heavy (non-hydrogen) atoms. The Morgan fingerprint density at radius 2 is 1.85 bits per heavy atom. The molecule has 0 saturated heterocycles. The minimum Gasteiger partial charge on any atom is -0.480 e. The van der Waals surface area contributed by atoms with E-state index >= 15 is 0 Å². The van der Waals surface area contributed by atoms with Crippen molar-refractivity contribution in [2.24, 2.45) is 11.7 Å². The summed E-state index contributed by atoms with van der Waals surface area (Å²) in [7, 11) is 0. The largest absolute Gasteiger partial charge is 0.480 e. The number of carboxylic acid groups (broad SMARTS) is 1. The Morgan fingerprint density at radius 1 is 1.30 bits per heavy atom. The van der Waals surface area contributed by atoms with Gasteiger partial charge in [0.15, 0.2) is 0 Å². The van der Waals surface area contributed by atoms with Crippen molar-refractivity contribution in [3.63, 3.8) is 0 Å². The molecule has 118 valence electrons. The topological polar surface area (TPSA) is 102 Å². The summed E-state index contributed by atoms with van der Waals surface area (Å²) in [5.74, 6) is -1.16. The molecule has 0 aromatic heterocycles. The van der Waals surface area contributed by atoms with Gasteiger partial charge in [-0.25, -0.2) is 0 Å². The molecule has 6 nitrogen and oxygen atoms in total. The molecule has 2 atom stereocenters. The Labute approximate surface area is 121 Å². The van der Waals surface area contributed by atoms with Crippen LogP contribution < -0.4 is 11.1 Å². The lowest BCUT2D eigenvalue weighted by Crippen LogP contribution is -2.45. The molecule has 0 fully saturated rings. The summed E-state index contributed by atoms with van der Waals surface area (Å²) in [4.78, 5) is 22.8. The van der Waals surface area contributed by atoms with Gasteiger partial charge in [0, 0.05) is 12.6 Å². The predicted molar refractivity (Wildman–Crippen MR) is 77.3 cm³/mol. The molecule has 0 aliphatic rings. The normalized spacial score (nSPS) is 14.9. The van der Waals surface area contributed by atoms with Gasteiger partial charge in [-0.05, 0) is 33.1 Å². The molecule has 0 aliphatic heterocycles. The zero-order chi connectivity index (χ0) is 15.9. The summed E-state index contributed by atoms with van der Waals surface area (Å²) in [6.45, 7) is 9.69. The van der Waals surface area contributed by atoms with Gasteiger partial charge in [0.25, 0.3) is 0 Å². The number of ether oxygens (including phenoxy) is 1. The fourth-order valence-corrected chi connectivity index (χ4v) is 1.78. The van der Waals surface area contributed by atoms with Crippen LogP contribution in [0, 0.1) is 5.92 Å². The van der Waals surface area contributed by atoms with Crippen LogP contribution in [0.2, 0.25) is 0 Å². The molecular weight excluding hydrogens is 260 g/mol. The quantitative estimate of drug-likeness (QED) is 0.579. The van der Waals surface area contributed by atoms with E-state index in [0.717, 1.165) is 6.42 Å². The first-order valence-electron chi connectivity index (χ1n) is 6.95. The number of hydrogen-bond acceptors (Lipinski definition) is 5. The van der Waals surface area contributed by atoms with E-state index in [9.17, 15) is 9.59 Å². The average Bonchev–Trinajstić information content (AvgIpc) is 2.19. The number of aliphatic carboxylic acids is 1. The molecule has 0 aromatic rings. The summed E-state index contributed by atoms with van der Waals surface area (Å²) >= 11 is 0. The van der Waals surface area contributed by atoms with Crippen LogP contribution in [0.25, 0.3) is 0 Å². The molecular formula is C14H28N2O4. The zero-order valence-corrected chi connectivity index (χ0v) is 13.1. The first-order valence-corrected chi connectivity index (χ1v) is 6.95. The van der Waals surface area contributed by atoms with Crippen LogP contribution in [0.3, 0.4) is 0 Å². The Kier molecular flexibility index (Phi) is 7.75. The number of hydrogen-bond donors (Lipinski definition) is 3. The second-order valence-electron chi connectivity index (χ2n) is 6.48. The monoisotopic (exact) mass is 288 g/mol. The van der Waals surface area contributed by atoms with Gasteiger partial charge in [0.1, 0.15) is 11.6 Å². The molecule has 0 heterocycles. The molecule has 0 rings (SSSR count). The maximum atomic E-state index is 11.6. The third-order valence-corrected chi connectivity index (χ3v) is 2.49. The second kappa shape index (κ2) is 8.21. The van der Waals surface area contributed by atoms with Gasteiger partial charge in [0.2, 0.25) is 0 Å². The predicted octanol–water partition coefficient (Wildman–Crippen LogP) is 1.13. The highest BCUT2D eigenvalue weighted by Gasteiger charge is 2.25. The fourth-order valence-electron chi connectivity index (χ4n) is 1.78. The SMILES string of the molecule is CC(C)C[C@H](N)CN[C@@H](CC(=O)OC(C)(C)C)C(=O)O. The van der Waals surface area contributed by atoms with Crippen molar-refractivity contribution in [2.45, 2.75) is 65.1 Å². The van der Waals surface area contributed by atoms with E-state index in [0.29, 0.717) is 12.5 Å². The Hall–Kier alpha value is -1.14. The first-order chi connectivity index (χ1) is 9.01. The maximum absolute atomic E-state index is 11.6. The molecule has 0 bridgehead atoms. The van der Waals surface area contributed by atoms with Crippen LogP contribution in [0.5, 0.6) is 0 Å². The number of nitrogens with two attached hydrogens (primary N) is 1. The number of carbonyl (C=O) groups is 2. The highest BCUT2D eigenvalue weighted by atomic mass is 16.6. The van der Waals surface area contributed by atoms with E-state index in [2.05, 4.69) is 19.2 Å². The van der Waals surface area contributed by atoms with Crippen LogP contribution in [0.15, 0.2) is 0 Å². The van der Waals surface area contributed by atoms with E-state index in [1.54, 1.807) is 20.8 Å². The minimum absolute atomic E-state index is 0.129. The lowest BCUT2D eigenvalue weighted by molar-refractivity contribution is -0.158. The van der Waals surface area contributed by atoms with Gasteiger partial charge in [-0.2, -0.15) is 0 Å². The van der Waals surface area contributed by atoms with E-state index < -0.39 is 23.6 Å². The lowest BCUT2D eigenvalue weighted by atomic mass is 10.0. The summed E-state index contributed by atoms with van der Waals surface area (Å²) in [5, 5.41) is 11.9. The summed E-state index contributed by atoms with van der Waals surface area (Å²) in [6.07, 6.45) is 0.590. The Bertz CT molecular complexity index is 324. The third kappa shape index (κ3) is 9.75. The molecule has 0 radical (unpaired) electrons. The maximum Gasteiger partial charge on any atom is 0.321 e. The molecule has 0 amide bonds. The highest BCUT2D eigenvalue weighted by molar-refractivity contribution is 5.81. The van der Waals surface area contributed by atoms with Gasteiger partial charge in [-0.15, -0.1) is 0 Å². The molecule has 0 aliphatic carbocycles. The Balaban J connectivity index is 4.31. The Morgan fingerprint density at radius 3 is 2.25 bits per heavy atom. The van der Waals surface area contributed by atoms with Gasteiger partial charge in [0.05, 0.1) is 6.42 Å². The molecule has 4 N–H and O–H groups in total. The fraction of sp³-hybridized carbons (Fsp3) is 0.857. The van der Waals surface area contributed by atoms with Crippen LogP contribution in [0.4, 0.5) is 0 Å².